The van der Waals surface area contributed by atoms with Crippen LogP contribution >= 0.6 is 11.6 Å². The number of nitriles is 1. The van der Waals surface area contributed by atoms with Crippen LogP contribution in [0.3, 0.4) is 0 Å². The Balaban J connectivity index is 2.37. The highest BCUT2D eigenvalue weighted by molar-refractivity contribution is 7.90. The van der Waals surface area contributed by atoms with Crippen LogP contribution in [0.25, 0.3) is 11.0 Å². The lowest BCUT2D eigenvalue weighted by Crippen LogP contribution is -2.17. The molecule has 0 spiro atoms. The van der Waals surface area contributed by atoms with Gasteiger partial charge in [0.2, 0.25) is 0 Å². The number of carboxylic acid groups (broad SMARTS) is 1. The van der Waals surface area contributed by atoms with Crippen LogP contribution in [0.15, 0.2) is 41.4 Å². The summed E-state index contributed by atoms with van der Waals surface area (Å²) in [5.41, 5.74) is 0.940. The molecule has 9 heteroatoms. The Hall–Kier alpha value is -2.89. The minimum atomic E-state index is -4.12. The highest BCUT2D eigenvalue weighted by Gasteiger charge is 2.28. The molecule has 1 N–H and O–H groups in total. The molecule has 7 nitrogen and oxygen atoms in total. The average molecular weight is 404 g/mol. The van der Waals surface area contributed by atoms with Gasteiger partial charge in [-0.15, -0.1) is 0 Å². The molecule has 0 aliphatic rings. The molecule has 0 saturated heterocycles. The van der Waals surface area contributed by atoms with E-state index in [1.807, 2.05) is 6.07 Å². The number of hydrogen-bond acceptors (Lipinski definition) is 5. The van der Waals surface area contributed by atoms with E-state index in [0.717, 1.165) is 3.97 Å². The molecule has 3 rings (SSSR count). The molecule has 27 heavy (non-hydrogen) atoms. The van der Waals surface area contributed by atoms with E-state index in [1.54, 1.807) is 19.1 Å². The molecule has 0 aliphatic heterocycles. The van der Waals surface area contributed by atoms with Gasteiger partial charge in [-0.1, -0.05) is 18.5 Å². The molecule has 0 bridgehead atoms. The summed E-state index contributed by atoms with van der Waals surface area (Å²) in [6.07, 6.45) is 1.41. The van der Waals surface area contributed by atoms with Crippen molar-refractivity contribution in [2.24, 2.45) is 0 Å². The first-order valence-electron chi connectivity index (χ1n) is 7.95. The first-order valence-corrected chi connectivity index (χ1v) is 9.77. The van der Waals surface area contributed by atoms with Crippen LogP contribution < -0.4 is 0 Å². The van der Waals surface area contributed by atoms with Crippen molar-refractivity contribution in [1.82, 2.24) is 8.96 Å². The molecule has 0 fully saturated rings. The summed E-state index contributed by atoms with van der Waals surface area (Å²) in [6.45, 7) is 1.74. The third-order valence-electron chi connectivity index (χ3n) is 4.16. The zero-order chi connectivity index (χ0) is 19.8. The smallest absolute Gasteiger partial charge is 0.307 e. The zero-order valence-corrected chi connectivity index (χ0v) is 15.8. The van der Waals surface area contributed by atoms with E-state index in [1.165, 1.54) is 24.4 Å². The van der Waals surface area contributed by atoms with Gasteiger partial charge in [0, 0.05) is 17.3 Å². The molecule has 0 aliphatic carbocycles. The van der Waals surface area contributed by atoms with Crippen molar-refractivity contribution in [1.29, 1.82) is 5.26 Å². The van der Waals surface area contributed by atoms with Crippen molar-refractivity contribution in [3.63, 3.8) is 0 Å². The number of halogens is 1. The van der Waals surface area contributed by atoms with E-state index in [-0.39, 0.29) is 34.0 Å². The highest BCUT2D eigenvalue weighted by atomic mass is 35.5. The van der Waals surface area contributed by atoms with E-state index >= 15 is 0 Å². The van der Waals surface area contributed by atoms with Gasteiger partial charge in [-0.3, -0.25) is 4.79 Å². The quantitative estimate of drug-likeness (QED) is 0.700. The maximum Gasteiger partial charge on any atom is 0.307 e. The SMILES string of the molecule is CCc1c(CC(=O)O)c2cccnc2n1S(=O)(=O)c1ccc(Cl)c(C#N)c1. The Bertz CT molecular complexity index is 1210. The first kappa shape index (κ1) is 18.9. The maximum absolute atomic E-state index is 13.3. The highest BCUT2D eigenvalue weighted by Crippen LogP contribution is 2.31. The first-order chi connectivity index (χ1) is 12.8. The van der Waals surface area contributed by atoms with E-state index in [2.05, 4.69) is 4.98 Å². The monoisotopic (exact) mass is 403 g/mol. The van der Waals surface area contributed by atoms with Crippen molar-refractivity contribution < 1.29 is 18.3 Å². The second-order valence-electron chi connectivity index (χ2n) is 5.75. The standard InChI is InChI=1S/C18H14ClN3O4S/c1-2-16-14(9-17(23)24)13-4-3-7-21-18(13)22(16)27(25,26)12-5-6-15(19)11(8-12)10-20/h3-8H,2,9H2,1H3,(H,23,24). The molecule has 1 aromatic carbocycles. The summed E-state index contributed by atoms with van der Waals surface area (Å²) >= 11 is 5.91. The third kappa shape index (κ3) is 3.16. The Morgan fingerprint density at radius 2 is 2.11 bits per heavy atom. The van der Waals surface area contributed by atoms with Crippen LogP contribution in [0, 0.1) is 11.3 Å². The molecule has 3 aromatic rings. The predicted molar refractivity (Wildman–Crippen MR) is 99.2 cm³/mol. The van der Waals surface area contributed by atoms with Gasteiger partial charge in [0.25, 0.3) is 10.0 Å². The van der Waals surface area contributed by atoms with Crippen LogP contribution in [0.5, 0.6) is 0 Å². The van der Waals surface area contributed by atoms with Gasteiger partial charge in [-0.25, -0.2) is 17.4 Å². The van der Waals surface area contributed by atoms with Gasteiger partial charge in [0.15, 0.2) is 5.65 Å². The number of aromatic nitrogens is 2. The lowest BCUT2D eigenvalue weighted by atomic mass is 10.1. The maximum atomic E-state index is 13.3. The summed E-state index contributed by atoms with van der Waals surface area (Å²) < 4.78 is 27.7. The third-order valence-corrected chi connectivity index (χ3v) is 6.21. The van der Waals surface area contributed by atoms with Crippen molar-refractivity contribution in [3.05, 3.63) is 58.4 Å². The van der Waals surface area contributed by atoms with Gasteiger partial charge in [-0.2, -0.15) is 5.26 Å². The molecule has 2 heterocycles. The summed E-state index contributed by atoms with van der Waals surface area (Å²) in [4.78, 5) is 15.3. The molecular weight excluding hydrogens is 390 g/mol. The number of carboxylic acids is 1. The van der Waals surface area contributed by atoms with Gasteiger partial charge in [0.05, 0.1) is 21.9 Å². The van der Waals surface area contributed by atoms with Gasteiger partial charge in [-0.05, 0) is 42.3 Å². The van der Waals surface area contributed by atoms with Gasteiger partial charge in [0.1, 0.15) is 6.07 Å². The Labute approximate surface area is 160 Å². The molecular formula is C18H14ClN3O4S. The van der Waals surface area contributed by atoms with Crippen molar-refractivity contribution >= 4 is 38.6 Å². The van der Waals surface area contributed by atoms with Gasteiger partial charge < -0.3 is 5.11 Å². The number of fused-ring (bicyclic) bond motifs is 1. The van der Waals surface area contributed by atoms with Crippen LogP contribution in [-0.2, 0) is 27.7 Å². The van der Waals surface area contributed by atoms with Crippen LogP contribution in [-0.4, -0.2) is 28.5 Å². The Morgan fingerprint density at radius 3 is 2.74 bits per heavy atom. The fraction of sp³-hybridized carbons (Fsp3) is 0.167. The van der Waals surface area contributed by atoms with Crippen LogP contribution in [0.4, 0.5) is 0 Å². The average Bonchev–Trinajstić information content (AvgIpc) is 2.95. The normalized spacial score (nSPS) is 11.4. The number of hydrogen-bond donors (Lipinski definition) is 1. The number of rotatable bonds is 5. The van der Waals surface area contributed by atoms with E-state index < -0.39 is 16.0 Å². The molecule has 0 amide bonds. The minimum absolute atomic E-state index is 0.0333. The van der Waals surface area contributed by atoms with Gasteiger partial charge >= 0.3 is 5.97 Å². The van der Waals surface area contributed by atoms with Crippen molar-refractivity contribution in [2.45, 2.75) is 24.7 Å². The summed E-state index contributed by atoms with van der Waals surface area (Å²) in [7, 11) is -4.12. The topological polar surface area (TPSA) is 113 Å². The molecule has 0 radical (unpaired) electrons. The largest absolute Gasteiger partial charge is 0.481 e. The lowest BCUT2D eigenvalue weighted by Gasteiger charge is -2.12. The fourth-order valence-corrected chi connectivity index (χ4v) is 4.80. The second kappa shape index (κ2) is 7.02. The van der Waals surface area contributed by atoms with Crippen LogP contribution in [0.1, 0.15) is 23.7 Å². The Morgan fingerprint density at radius 1 is 1.37 bits per heavy atom. The molecule has 0 saturated carbocycles. The minimum Gasteiger partial charge on any atom is -0.481 e. The number of pyridine rings is 1. The lowest BCUT2D eigenvalue weighted by molar-refractivity contribution is -0.136. The number of aliphatic carboxylic acids is 1. The molecule has 2 aromatic heterocycles. The van der Waals surface area contributed by atoms with E-state index in [9.17, 15) is 18.3 Å². The Kier molecular flexibility index (Phi) is 4.91. The van der Waals surface area contributed by atoms with Crippen molar-refractivity contribution in [3.8, 4) is 6.07 Å². The number of benzene rings is 1. The summed E-state index contributed by atoms with van der Waals surface area (Å²) in [6, 6.07) is 8.98. The van der Waals surface area contributed by atoms with Crippen molar-refractivity contribution in [2.75, 3.05) is 0 Å². The van der Waals surface area contributed by atoms with E-state index in [0.29, 0.717) is 16.6 Å². The predicted octanol–water partition coefficient (Wildman–Crippen LogP) is 2.99. The number of carbonyl (C=O) groups is 1. The molecule has 0 unspecified atom stereocenters. The summed E-state index contributed by atoms with van der Waals surface area (Å²) in [5, 5.41) is 19.0. The number of nitrogens with zero attached hydrogens (tertiary/aromatic N) is 3. The van der Waals surface area contributed by atoms with E-state index in [4.69, 9.17) is 16.9 Å². The summed E-state index contributed by atoms with van der Waals surface area (Å²) in [5.74, 6) is -1.07. The fourth-order valence-electron chi connectivity index (χ4n) is 3.02. The zero-order valence-electron chi connectivity index (χ0n) is 14.2. The molecule has 138 valence electrons. The van der Waals surface area contributed by atoms with Crippen LogP contribution in [0.2, 0.25) is 5.02 Å². The molecule has 0 atom stereocenters. The second-order valence-corrected chi connectivity index (χ2v) is 7.94.